The van der Waals surface area contributed by atoms with E-state index in [9.17, 15) is 9.59 Å². The van der Waals surface area contributed by atoms with Crippen molar-refractivity contribution in [1.82, 2.24) is 25.2 Å². The Balaban J connectivity index is 1.46. The van der Waals surface area contributed by atoms with Gasteiger partial charge in [-0.15, -0.1) is 5.10 Å². The number of carbonyl (C=O) groups excluding carboxylic acids is 2. The highest BCUT2D eigenvalue weighted by Gasteiger charge is 2.22. The van der Waals surface area contributed by atoms with Gasteiger partial charge in [0.1, 0.15) is 0 Å². The maximum absolute atomic E-state index is 11.8. The van der Waals surface area contributed by atoms with Gasteiger partial charge in [-0.3, -0.25) is 10.1 Å². The van der Waals surface area contributed by atoms with Gasteiger partial charge in [-0.05, 0) is 42.9 Å². The van der Waals surface area contributed by atoms with Crippen LogP contribution in [0, 0.1) is 0 Å². The van der Waals surface area contributed by atoms with Crippen LogP contribution in [0.15, 0.2) is 24.4 Å². The van der Waals surface area contributed by atoms with Crippen molar-refractivity contribution in [3.05, 3.63) is 41.2 Å². The van der Waals surface area contributed by atoms with E-state index in [1.165, 1.54) is 24.0 Å². The molecule has 1 fully saturated rings. The summed E-state index contributed by atoms with van der Waals surface area (Å²) in [6.07, 6.45) is 7.60. The quantitative estimate of drug-likeness (QED) is 0.918. The molecule has 7 nitrogen and oxygen atoms in total. The normalized spacial score (nSPS) is 17.4. The van der Waals surface area contributed by atoms with Gasteiger partial charge in [0.25, 0.3) is 0 Å². The Morgan fingerprint density at radius 1 is 1.12 bits per heavy atom. The number of carbonyl (C=O) groups is 2. The smallest absolute Gasteiger partial charge is 0.324 e. The molecule has 2 aromatic rings. The maximum atomic E-state index is 11.8. The van der Waals surface area contributed by atoms with E-state index < -0.39 is 0 Å². The molecule has 0 unspecified atom stereocenters. The Bertz CT molecular complexity index is 814. The standard InChI is InChI=1S/C18H21N5O2/c24-17-9-11-22(18(25)19-17)10-8-14-12-23(21-20-14)16-7-3-5-13-4-1-2-6-15(13)16/h3,5,7,12H,1-2,4,6,8-11H2,(H,19,24,25). The van der Waals surface area contributed by atoms with E-state index in [-0.39, 0.29) is 11.9 Å². The first-order valence-electron chi connectivity index (χ1n) is 8.82. The fraction of sp³-hybridized carbons (Fsp3) is 0.444. The number of aromatic nitrogens is 3. The Morgan fingerprint density at radius 2 is 2.00 bits per heavy atom. The molecular weight excluding hydrogens is 318 g/mol. The van der Waals surface area contributed by atoms with Crippen LogP contribution in [-0.2, 0) is 24.1 Å². The molecule has 1 saturated heterocycles. The number of amides is 3. The van der Waals surface area contributed by atoms with Gasteiger partial charge in [0.2, 0.25) is 5.91 Å². The highest BCUT2D eigenvalue weighted by molar-refractivity contribution is 5.96. The Kier molecular flexibility index (Phi) is 4.21. The predicted molar refractivity (Wildman–Crippen MR) is 91.4 cm³/mol. The minimum absolute atomic E-state index is 0.207. The van der Waals surface area contributed by atoms with Gasteiger partial charge in [-0.2, -0.15) is 0 Å². The summed E-state index contributed by atoms with van der Waals surface area (Å²) in [4.78, 5) is 24.6. The summed E-state index contributed by atoms with van der Waals surface area (Å²) >= 11 is 0. The second kappa shape index (κ2) is 6.66. The molecule has 0 radical (unpaired) electrons. The predicted octanol–water partition coefficient (Wildman–Crippen LogP) is 1.63. The lowest BCUT2D eigenvalue weighted by atomic mass is 9.90. The lowest BCUT2D eigenvalue weighted by Crippen LogP contribution is -2.49. The lowest BCUT2D eigenvalue weighted by molar-refractivity contribution is -0.121. The van der Waals surface area contributed by atoms with Gasteiger partial charge in [0.05, 0.1) is 17.6 Å². The van der Waals surface area contributed by atoms with Crippen molar-refractivity contribution in [3.63, 3.8) is 0 Å². The molecule has 0 bridgehead atoms. The summed E-state index contributed by atoms with van der Waals surface area (Å²) in [5.41, 5.74) is 4.74. The van der Waals surface area contributed by atoms with Gasteiger partial charge in [-0.25, -0.2) is 9.48 Å². The first-order chi connectivity index (χ1) is 12.2. The number of hydrogen-bond donors (Lipinski definition) is 1. The van der Waals surface area contributed by atoms with Crippen molar-refractivity contribution in [1.29, 1.82) is 0 Å². The van der Waals surface area contributed by atoms with E-state index in [1.807, 2.05) is 10.9 Å². The second-order valence-corrected chi connectivity index (χ2v) is 6.62. The Labute approximate surface area is 146 Å². The zero-order valence-electron chi connectivity index (χ0n) is 14.1. The van der Waals surface area contributed by atoms with Gasteiger partial charge < -0.3 is 4.90 Å². The fourth-order valence-corrected chi connectivity index (χ4v) is 3.57. The largest absolute Gasteiger partial charge is 0.324 e. The molecule has 0 atom stereocenters. The number of hydrogen-bond acceptors (Lipinski definition) is 4. The fourth-order valence-electron chi connectivity index (χ4n) is 3.57. The summed E-state index contributed by atoms with van der Waals surface area (Å²) in [5, 5.41) is 10.9. The van der Waals surface area contributed by atoms with Crippen molar-refractivity contribution in [3.8, 4) is 5.69 Å². The third kappa shape index (κ3) is 3.26. The highest BCUT2D eigenvalue weighted by atomic mass is 16.2. The molecule has 130 valence electrons. The zero-order valence-corrected chi connectivity index (χ0v) is 14.1. The SMILES string of the molecule is O=C1CCN(CCc2cn(-c3cccc4c3CCCC4)nn2)C(=O)N1. The van der Waals surface area contributed by atoms with Gasteiger partial charge >= 0.3 is 6.03 Å². The minimum Gasteiger partial charge on any atom is -0.324 e. The van der Waals surface area contributed by atoms with Crippen LogP contribution < -0.4 is 5.32 Å². The van der Waals surface area contributed by atoms with Crippen molar-refractivity contribution < 1.29 is 9.59 Å². The molecular formula is C18H21N5O2. The average molecular weight is 339 g/mol. The molecule has 0 spiro atoms. The Hall–Kier alpha value is -2.70. The first kappa shape index (κ1) is 15.8. The van der Waals surface area contributed by atoms with E-state index in [1.54, 1.807) is 4.90 Å². The molecule has 25 heavy (non-hydrogen) atoms. The average Bonchev–Trinajstić information content (AvgIpc) is 3.09. The summed E-state index contributed by atoms with van der Waals surface area (Å²) in [5.74, 6) is -0.207. The zero-order chi connectivity index (χ0) is 17.2. The van der Waals surface area contributed by atoms with Crippen molar-refractivity contribution in [2.75, 3.05) is 13.1 Å². The number of nitrogens with one attached hydrogen (secondary N) is 1. The van der Waals surface area contributed by atoms with E-state index in [0.717, 1.165) is 24.2 Å². The van der Waals surface area contributed by atoms with Crippen molar-refractivity contribution >= 4 is 11.9 Å². The van der Waals surface area contributed by atoms with Gasteiger partial charge in [-0.1, -0.05) is 17.3 Å². The van der Waals surface area contributed by atoms with Crippen LogP contribution in [0.2, 0.25) is 0 Å². The molecule has 4 rings (SSSR count). The van der Waals surface area contributed by atoms with Gasteiger partial charge in [0.15, 0.2) is 0 Å². The molecule has 2 heterocycles. The second-order valence-electron chi connectivity index (χ2n) is 6.62. The lowest BCUT2D eigenvalue weighted by Gasteiger charge is -2.25. The number of urea groups is 1. The van der Waals surface area contributed by atoms with Crippen LogP contribution >= 0.6 is 0 Å². The van der Waals surface area contributed by atoms with Crippen LogP contribution in [0.3, 0.4) is 0 Å². The van der Waals surface area contributed by atoms with Gasteiger partial charge in [0, 0.05) is 25.9 Å². The molecule has 0 saturated carbocycles. The summed E-state index contributed by atoms with van der Waals surface area (Å²) < 4.78 is 1.85. The number of benzene rings is 1. The minimum atomic E-state index is -0.319. The molecule has 1 N–H and O–H groups in total. The van der Waals surface area contributed by atoms with E-state index in [2.05, 4.69) is 33.8 Å². The Morgan fingerprint density at radius 3 is 2.88 bits per heavy atom. The van der Waals surface area contributed by atoms with E-state index in [0.29, 0.717) is 25.9 Å². The highest BCUT2D eigenvalue weighted by Crippen LogP contribution is 2.26. The molecule has 1 aliphatic carbocycles. The summed E-state index contributed by atoms with van der Waals surface area (Å²) in [7, 11) is 0. The van der Waals surface area contributed by atoms with Crippen molar-refractivity contribution in [2.24, 2.45) is 0 Å². The number of aryl methyl sites for hydroxylation is 1. The summed E-state index contributed by atoms with van der Waals surface area (Å²) in [6, 6.07) is 6.05. The van der Waals surface area contributed by atoms with Crippen LogP contribution in [-0.4, -0.2) is 44.9 Å². The van der Waals surface area contributed by atoms with Crippen LogP contribution in [0.1, 0.15) is 36.1 Å². The van der Waals surface area contributed by atoms with E-state index >= 15 is 0 Å². The molecule has 1 aromatic heterocycles. The van der Waals surface area contributed by atoms with Crippen LogP contribution in [0.5, 0.6) is 0 Å². The number of fused-ring (bicyclic) bond motifs is 1. The molecule has 2 aliphatic rings. The number of nitrogens with zero attached hydrogens (tertiary/aromatic N) is 4. The third-order valence-electron chi connectivity index (χ3n) is 4.94. The van der Waals surface area contributed by atoms with E-state index in [4.69, 9.17) is 0 Å². The number of rotatable bonds is 4. The molecule has 1 aliphatic heterocycles. The summed E-state index contributed by atoms with van der Waals surface area (Å²) in [6.45, 7) is 0.996. The third-order valence-corrected chi connectivity index (χ3v) is 4.94. The molecule has 7 heteroatoms. The molecule has 1 aromatic carbocycles. The van der Waals surface area contributed by atoms with Crippen LogP contribution in [0.25, 0.3) is 5.69 Å². The van der Waals surface area contributed by atoms with Crippen molar-refractivity contribution in [2.45, 2.75) is 38.5 Å². The van der Waals surface area contributed by atoms with Crippen LogP contribution in [0.4, 0.5) is 4.79 Å². The monoisotopic (exact) mass is 339 g/mol. The maximum Gasteiger partial charge on any atom is 0.324 e. The topological polar surface area (TPSA) is 80.1 Å². The molecule has 3 amide bonds. The number of imide groups is 1. The first-order valence-corrected chi connectivity index (χ1v) is 8.82.